The molecule has 2 nitrogen and oxygen atoms in total. The van der Waals surface area contributed by atoms with E-state index in [0.717, 1.165) is 6.42 Å². The van der Waals surface area contributed by atoms with E-state index in [2.05, 4.69) is 67.3 Å². The van der Waals surface area contributed by atoms with Crippen molar-refractivity contribution in [3.8, 4) is 0 Å². The Morgan fingerprint density at radius 1 is 1.08 bits per heavy atom. The fourth-order valence-corrected chi connectivity index (χ4v) is 4.55. The highest BCUT2D eigenvalue weighted by Crippen LogP contribution is 2.48. The molecule has 4 rings (SSSR count). The van der Waals surface area contributed by atoms with E-state index in [9.17, 15) is 4.79 Å². The van der Waals surface area contributed by atoms with Gasteiger partial charge < -0.3 is 4.90 Å². The predicted octanol–water partition coefficient (Wildman–Crippen LogP) is 4.91. The minimum absolute atomic E-state index is 0.110. The van der Waals surface area contributed by atoms with Crippen LogP contribution in [0.15, 0.2) is 66.7 Å². The summed E-state index contributed by atoms with van der Waals surface area (Å²) < 4.78 is 0. The summed E-state index contributed by atoms with van der Waals surface area (Å²) in [6, 6.07) is 19.1. The molecule has 25 heavy (non-hydrogen) atoms. The summed E-state index contributed by atoms with van der Waals surface area (Å²) in [7, 11) is 0. The summed E-state index contributed by atoms with van der Waals surface area (Å²) in [5.74, 6) is 1.12. The van der Waals surface area contributed by atoms with Crippen molar-refractivity contribution in [1.82, 2.24) is 4.90 Å². The lowest BCUT2D eigenvalue weighted by molar-refractivity contribution is -0.134. The molecule has 1 aliphatic heterocycles. The zero-order valence-corrected chi connectivity index (χ0v) is 14.9. The van der Waals surface area contributed by atoms with Crippen molar-refractivity contribution in [2.45, 2.75) is 32.9 Å². The van der Waals surface area contributed by atoms with Crippen molar-refractivity contribution in [3.05, 3.63) is 83.4 Å². The fraction of sp³-hybridized carbons (Fsp3) is 0.348. The molecule has 1 amide bonds. The van der Waals surface area contributed by atoms with E-state index in [1.807, 2.05) is 18.2 Å². The molecule has 1 aliphatic carbocycles. The average molecular weight is 331 g/mol. The average Bonchev–Trinajstić information content (AvgIpc) is 2.89. The highest BCUT2D eigenvalue weighted by molar-refractivity contribution is 5.83. The molecule has 1 saturated heterocycles. The molecule has 0 spiro atoms. The van der Waals surface area contributed by atoms with Gasteiger partial charge >= 0.3 is 0 Å². The monoisotopic (exact) mass is 331 g/mol. The second-order valence-electron chi connectivity index (χ2n) is 7.55. The molecule has 2 heteroatoms. The van der Waals surface area contributed by atoms with Crippen LogP contribution in [-0.4, -0.2) is 10.8 Å². The van der Waals surface area contributed by atoms with Crippen LogP contribution in [0.3, 0.4) is 0 Å². The highest BCUT2D eigenvalue weighted by Gasteiger charge is 2.50. The fourth-order valence-electron chi connectivity index (χ4n) is 4.55. The van der Waals surface area contributed by atoms with Gasteiger partial charge in [-0.05, 0) is 30.4 Å². The van der Waals surface area contributed by atoms with Gasteiger partial charge in [0.2, 0.25) is 5.91 Å². The molecule has 0 bridgehead atoms. The van der Waals surface area contributed by atoms with Gasteiger partial charge in [-0.15, -0.1) is 0 Å². The van der Waals surface area contributed by atoms with Gasteiger partial charge in [0.05, 0.1) is 6.04 Å². The molecule has 4 atom stereocenters. The van der Waals surface area contributed by atoms with Crippen LogP contribution < -0.4 is 0 Å². The van der Waals surface area contributed by atoms with E-state index in [-0.39, 0.29) is 17.9 Å². The third kappa shape index (κ3) is 2.90. The van der Waals surface area contributed by atoms with E-state index in [1.165, 1.54) is 16.7 Å². The molecule has 2 aliphatic rings. The third-order valence-electron chi connectivity index (χ3n) is 5.74. The van der Waals surface area contributed by atoms with E-state index >= 15 is 0 Å². The van der Waals surface area contributed by atoms with Crippen LogP contribution in [0, 0.1) is 24.7 Å². The molecule has 1 fully saturated rings. The van der Waals surface area contributed by atoms with Crippen molar-refractivity contribution in [1.29, 1.82) is 0 Å². The summed E-state index contributed by atoms with van der Waals surface area (Å²) in [6.07, 6.45) is 5.57. The van der Waals surface area contributed by atoms with Gasteiger partial charge in [0.25, 0.3) is 0 Å². The number of nitrogens with zero attached hydrogens (tertiary/aromatic N) is 1. The molecule has 1 heterocycles. The number of carbonyl (C=O) groups excluding carboxylic acids is 1. The van der Waals surface area contributed by atoms with E-state index in [1.54, 1.807) is 0 Å². The van der Waals surface area contributed by atoms with Crippen LogP contribution in [-0.2, 0) is 11.3 Å². The lowest BCUT2D eigenvalue weighted by Crippen LogP contribution is -2.30. The minimum Gasteiger partial charge on any atom is -0.330 e. The van der Waals surface area contributed by atoms with E-state index in [0.29, 0.717) is 18.4 Å². The molecule has 0 N–H and O–H groups in total. The highest BCUT2D eigenvalue weighted by atomic mass is 16.2. The van der Waals surface area contributed by atoms with Crippen molar-refractivity contribution in [3.63, 3.8) is 0 Å². The number of benzene rings is 2. The maximum atomic E-state index is 13.3. The topological polar surface area (TPSA) is 20.3 Å². The van der Waals surface area contributed by atoms with E-state index < -0.39 is 0 Å². The van der Waals surface area contributed by atoms with Gasteiger partial charge in [-0.1, -0.05) is 79.2 Å². The van der Waals surface area contributed by atoms with Crippen LogP contribution in [0.1, 0.15) is 36.1 Å². The second-order valence-corrected chi connectivity index (χ2v) is 7.55. The number of carbonyl (C=O) groups is 1. The normalized spacial score (nSPS) is 28.2. The molecule has 128 valence electrons. The Hall–Kier alpha value is -2.35. The summed E-state index contributed by atoms with van der Waals surface area (Å²) in [5.41, 5.74) is 3.71. The summed E-state index contributed by atoms with van der Waals surface area (Å²) in [4.78, 5) is 15.4. The van der Waals surface area contributed by atoms with Crippen molar-refractivity contribution in [2.75, 3.05) is 0 Å². The molecule has 0 radical (unpaired) electrons. The Bertz CT molecular complexity index is 795. The van der Waals surface area contributed by atoms with Gasteiger partial charge in [-0.25, -0.2) is 0 Å². The molecule has 0 unspecified atom stereocenters. The van der Waals surface area contributed by atoms with Gasteiger partial charge in [0, 0.05) is 18.4 Å². The lowest BCUT2D eigenvalue weighted by Gasteiger charge is -2.29. The van der Waals surface area contributed by atoms with Crippen LogP contribution in [0.25, 0.3) is 0 Å². The van der Waals surface area contributed by atoms with Crippen LogP contribution in [0.5, 0.6) is 0 Å². The first-order chi connectivity index (χ1) is 12.1. The largest absolute Gasteiger partial charge is 0.330 e. The molecule has 0 saturated carbocycles. The quantitative estimate of drug-likeness (QED) is 0.732. The van der Waals surface area contributed by atoms with Gasteiger partial charge in [0.1, 0.15) is 0 Å². The van der Waals surface area contributed by atoms with Crippen LogP contribution in [0.4, 0.5) is 0 Å². The molecular formula is C23H25NO. The SMILES string of the molecule is Cc1cccc([C@H]2[C@H]3C=CC[C@@H](C)[C@@H]3C(=O)N2Cc2ccccc2)c1. The van der Waals surface area contributed by atoms with Crippen molar-refractivity contribution >= 4 is 5.91 Å². The number of allylic oxidation sites excluding steroid dienone is 1. The Balaban J connectivity index is 1.76. The second kappa shape index (κ2) is 6.51. The first-order valence-electron chi connectivity index (χ1n) is 9.23. The van der Waals surface area contributed by atoms with Crippen LogP contribution in [0.2, 0.25) is 0 Å². The Kier molecular flexibility index (Phi) is 4.20. The van der Waals surface area contributed by atoms with Gasteiger partial charge in [-0.2, -0.15) is 0 Å². The zero-order chi connectivity index (χ0) is 17.4. The van der Waals surface area contributed by atoms with Crippen molar-refractivity contribution in [2.24, 2.45) is 17.8 Å². The minimum atomic E-state index is 0.110. The number of hydrogen-bond donors (Lipinski definition) is 0. The maximum absolute atomic E-state index is 13.3. The summed E-state index contributed by atoms with van der Waals surface area (Å²) >= 11 is 0. The zero-order valence-electron chi connectivity index (χ0n) is 14.9. The van der Waals surface area contributed by atoms with Crippen LogP contribution >= 0.6 is 0 Å². The lowest BCUT2D eigenvalue weighted by atomic mass is 9.75. The predicted molar refractivity (Wildman–Crippen MR) is 101 cm³/mol. The Morgan fingerprint density at radius 3 is 2.64 bits per heavy atom. The summed E-state index contributed by atoms with van der Waals surface area (Å²) in [5, 5.41) is 0. The number of aryl methyl sites for hydroxylation is 1. The molecular weight excluding hydrogens is 306 g/mol. The third-order valence-corrected chi connectivity index (χ3v) is 5.74. The Labute approximate surface area is 150 Å². The summed E-state index contributed by atoms with van der Waals surface area (Å²) in [6.45, 7) is 5.03. The first-order valence-corrected chi connectivity index (χ1v) is 9.23. The molecule has 2 aromatic rings. The first kappa shape index (κ1) is 16.1. The Morgan fingerprint density at radius 2 is 1.88 bits per heavy atom. The molecule has 0 aromatic heterocycles. The number of hydrogen-bond acceptors (Lipinski definition) is 1. The number of rotatable bonds is 3. The van der Waals surface area contributed by atoms with Gasteiger partial charge in [0.15, 0.2) is 0 Å². The van der Waals surface area contributed by atoms with Crippen molar-refractivity contribution < 1.29 is 4.79 Å². The maximum Gasteiger partial charge on any atom is 0.227 e. The smallest absolute Gasteiger partial charge is 0.227 e. The molecule has 2 aromatic carbocycles. The number of fused-ring (bicyclic) bond motifs is 1. The number of likely N-dealkylation sites (tertiary alicyclic amines) is 1. The standard InChI is InChI=1S/C23H25NO/c1-16-8-6-12-19(14-16)22-20-13-7-9-17(2)21(20)23(25)24(22)15-18-10-4-3-5-11-18/h3-8,10-14,17,20-22H,9,15H2,1-2H3/t17-,20+,21+,22+/m1/s1. The number of amides is 1. The van der Waals surface area contributed by atoms with Gasteiger partial charge in [-0.3, -0.25) is 4.79 Å². The van der Waals surface area contributed by atoms with E-state index in [4.69, 9.17) is 0 Å².